The lowest BCUT2D eigenvalue weighted by Crippen LogP contribution is -2.51. The topological polar surface area (TPSA) is 19.0 Å². The Labute approximate surface area is 156 Å². The summed E-state index contributed by atoms with van der Waals surface area (Å²) in [5, 5.41) is 0. The fourth-order valence-electron chi connectivity index (χ4n) is 4.57. The molecule has 0 aromatic carbocycles. The summed E-state index contributed by atoms with van der Waals surface area (Å²) in [5.74, 6) is 0. The third kappa shape index (κ3) is 5.04. The lowest BCUT2D eigenvalue weighted by Gasteiger charge is -2.40. The van der Waals surface area contributed by atoms with Gasteiger partial charge in [0.05, 0.1) is 13.2 Å². The van der Waals surface area contributed by atoms with Gasteiger partial charge in [-0.2, -0.15) is 0 Å². The molecule has 0 spiro atoms. The molecule has 3 aliphatic rings. The molecule has 3 aliphatic heterocycles. The maximum absolute atomic E-state index is 5.52. The van der Waals surface area contributed by atoms with Gasteiger partial charge in [-0.15, -0.1) is 11.3 Å². The molecule has 4 nitrogen and oxygen atoms in total. The number of hydrogen-bond acceptors (Lipinski definition) is 5. The maximum Gasteiger partial charge on any atom is 0.0594 e. The minimum Gasteiger partial charge on any atom is -0.379 e. The van der Waals surface area contributed by atoms with E-state index < -0.39 is 0 Å². The molecular weight excluding hydrogens is 330 g/mol. The van der Waals surface area contributed by atoms with Crippen molar-refractivity contribution in [3.8, 4) is 0 Å². The van der Waals surface area contributed by atoms with E-state index >= 15 is 0 Å². The van der Waals surface area contributed by atoms with Crippen LogP contribution in [-0.2, 0) is 17.8 Å². The lowest BCUT2D eigenvalue weighted by molar-refractivity contribution is -0.00346. The molecule has 0 amide bonds. The summed E-state index contributed by atoms with van der Waals surface area (Å²) in [7, 11) is 0. The summed E-state index contributed by atoms with van der Waals surface area (Å²) in [6.07, 6.45) is 6.89. The first-order valence-electron chi connectivity index (χ1n) is 10.2. The number of hydrogen-bond donors (Lipinski definition) is 0. The van der Waals surface area contributed by atoms with Crippen molar-refractivity contribution in [3.63, 3.8) is 0 Å². The highest BCUT2D eigenvalue weighted by atomic mass is 32.1. The van der Waals surface area contributed by atoms with E-state index in [-0.39, 0.29) is 0 Å². The van der Waals surface area contributed by atoms with Gasteiger partial charge in [0.15, 0.2) is 0 Å². The van der Waals surface area contributed by atoms with Crippen molar-refractivity contribution in [2.75, 3.05) is 52.5 Å². The molecule has 3 fully saturated rings. The van der Waals surface area contributed by atoms with Gasteiger partial charge < -0.3 is 4.74 Å². The Morgan fingerprint density at radius 3 is 2.28 bits per heavy atom. The molecule has 0 aliphatic carbocycles. The smallest absolute Gasteiger partial charge is 0.0594 e. The van der Waals surface area contributed by atoms with E-state index in [1.54, 1.807) is 9.75 Å². The van der Waals surface area contributed by atoms with Crippen LogP contribution in [0.5, 0.6) is 0 Å². The van der Waals surface area contributed by atoms with Crippen LogP contribution in [0.15, 0.2) is 12.1 Å². The highest BCUT2D eigenvalue weighted by Crippen LogP contribution is 2.24. The number of likely N-dealkylation sites (tertiary alicyclic amines) is 2. The van der Waals surface area contributed by atoms with Gasteiger partial charge in [-0.25, -0.2) is 0 Å². The molecule has 0 radical (unpaired) electrons. The van der Waals surface area contributed by atoms with Crippen LogP contribution in [0.1, 0.15) is 41.9 Å². The van der Waals surface area contributed by atoms with Gasteiger partial charge in [0.1, 0.15) is 0 Å². The molecular formula is C20H33N3OS. The monoisotopic (exact) mass is 363 g/mol. The Kier molecular flexibility index (Phi) is 6.42. The van der Waals surface area contributed by atoms with Crippen molar-refractivity contribution in [1.29, 1.82) is 0 Å². The Morgan fingerprint density at radius 2 is 1.52 bits per heavy atom. The lowest BCUT2D eigenvalue weighted by atomic mass is 10.0. The first kappa shape index (κ1) is 17.9. The highest BCUT2D eigenvalue weighted by molar-refractivity contribution is 7.11. The van der Waals surface area contributed by atoms with Gasteiger partial charge >= 0.3 is 0 Å². The molecule has 0 saturated carbocycles. The van der Waals surface area contributed by atoms with Crippen molar-refractivity contribution >= 4 is 11.3 Å². The summed E-state index contributed by atoms with van der Waals surface area (Å²) < 4.78 is 5.52. The molecule has 25 heavy (non-hydrogen) atoms. The maximum atomic E-state index is 5.52. The number of rotatable bonds is 5. The first-order chi connectivity index (χ1) is 12.4. The third-order valence-corrected chi connectivity index (χ3v) is 7.02. The highest BCUT2D eigenvalue weighted by Gasteiger charge is 2.26. The zero-order valence-corrected chi connectivity index (χ0v) is 16.3. The molecule has 0 N–H and O–H groups in total. The fraction of sp³-hybridized carbons (Fsp3) is 0.800. The molecule has 1 aromatic rings. The average Bonchev–Trinajstić information content (AvgIpc) is 3.10. The fourth-order valence-corrected chi connectivity index (χ4v) is 5.67. The normalized spacial score (nSPS) is 27.6. The molecule has 3 saturated heterocycles. The minimum atomic E-state index is 0.741. The molecule has 0 unspecified atom stereocenters. The standard InChI is InChI=1S/C20H33N3OS/c1-2-8-21(9-3-1)16-19-6-7-20(25-19)17-22-10-4-5-18(15-22)23-11-13-24-14-12-23/h6-7,18H,1-5,8-17H2/t18-/m0/s1. The molecule has 0 bridgehead atoms. The van der Waals surface area contributed by atoms with Crippen LogP contribution in [-0.4, -0.2) is 73.2 Å². The predicted octanol–water partition coefficient (Wildman–Crippen LogP) is 3.03. The van der Waals surface area contributed by atoms with Gasteiger partial charge in [-0.1, -0.05) is 6.42 Å². The van der Waals surface area contributed by atoms with E-state index in [4.69, 9.17) is 4.74 Å². The molecule has 5 heteroatoms. The molecule has 1 atom stereocenters. The van der Waals surface area contributed by atoms with Crippen molar-refractivity contribution < 1.29 is 4.74 Å². The van der Waals surface area contributed by atoms with Crippen LogP contribution < -0.4 is 0 Å². The molecule has 140 valence electrons. The quantitative estimate of drug-likeness (QED) is 0.800. The van der Waals surface area contributed by atoms with Crippen molar-refractivity contribution in [2.24, 2.45) is 0 Å². The number of morpholine rings is 1. The van der Waals surface area contributed by atoms with Gasteiger partial charge in [-0.3, -0.25) is 14.7 Å². The molecule has 1 aromatic heterocycles. The first-order valence-corrected chi connectivity index (χ1v) is 11.0. The largest absolute Gasteiger partial charge is 0.379 e. The van der Waals surface area contributed by atoms with Crippen LogP contribution in [0, 0.1) is 0 Å². The van der Waals surface area contributed by atoms with Crippen molar-refractivity contribution in [1.82, 2.24) is 14.7 Å². The van der Waals surface area contributed by atoms with Crippen molar-refractivity contribution in [3.05, 3.63) is 21.9 Å². The third-order valence-electron chi connectivity index (χ3n) is 5.97. The summed E-state index contributed by atoms with van der Waals surface area (Å²) in [4.78, 5) is 11.1. The SMILES string of the molecule is c1cc(CN2CCC[C@H](N3CCOCC3)C2)sc1CN1CCCCC1. The summed E-state index contributed by atoms with van der Waals surface area (Å²) in [5.41, 5.74) is 0. The second-order valence-electron chi connectivity index (χ2n) is 7.88. The van der Waals surface area contributed by atoms with E-state index in [2.05, 4.69) is 26.8 Å². The van der Waals surface area contributed by atoms with Crippen LogP contribution in [0.2, 0.25) is 0 Å². The number of ether oxygens (including phenoxy) is 1. The second kappa shape index (κ2) is 8.96. The average molecular weight is 364 g/mol. The van der Waals surface area contributed by atoms with E-state index in [9.17, 15) is 0 Å². The van der Waals surface area contributed by atoms with Crippen molar-refractivity contribution in [2.45, 2.75) is 51.2 Å². The Balaban J connectivity index is 1.28. The summed E-state index contributed by atoms with van der Waals surface area (Å²) in [6, 6.07) is 5.49. The summed E-state index contributed by atoms with van der Waals surface area (Å²) >= 11 is 2.04. The number of nitrogens with zero attached hydrogens (tertiary/aromatic N) is 3. The molecule has 4 rings (SSSR count). The minimum absolute atomic E-state index is 0.741. The van der Waals surface area contributed by atoms with Gasteiger partial charge in [0.25, 0.3) is 0 Å². The number of thiophene rings is 1. The Bertz CT molecular complexity index is 523. The van der Waals surface area contributed by atoms with Crippen LogP contribution in [0.25, 0.3) is 0 Å². The van der Waals surface area contributed by atoms with Crippen LogP contribution in [0.3, 0.4) is 0 Å². The van der Waals surface area contributed by atoms with Crippen LogP contribution >= 0.6 is 11.3 Å². The van der Waals surface area contributed by atoms with E-state index in [1.807, 2.05) is 11.3 Å². The molecule has 4 heterocycles. The van der Waals surface area contributed by atoms with E-state index in [0.717, 1.165) is 38.9 Å². The summed E-state index contributed by atoms with van der Waals surface area (Å²) in [6.45, 7) is 11.5. The van der Waals surface area contributed by atoms with E-state index in [1.165, 1.54) is 64.8 Å². The van der Waals surface area contributed by atoms with Gasteiger partial charge in [0, 0.05) is 48.5 Å². The van der Waals surface area contributed by atoms with Crippen LogP contribution in [0.4, 0.5) is 0 Å². The second-order valence-corrected chi connectivity index (χ2v) is 9.14. The zero-order valence-electron chi connectivity index (χ0n) is 15.5. The number of piperidine rings is 2. The Morgan fingerprint density at radius 1 is 0.840 bits per heavy atom. The van der Waals surface area contributed by atoms with E-state index in [0.29, 0.717) is 0 Å². The predicted molar refractivity (Wildman–Crippen MR) is 104 cm³/mol. The Hall–Kier alpha value is -0.460. The van der Waals surface area contributed by atoms with Gasteiger partial charge in [-0.05, 0) is 57.5 Å². The van der Waals surface area contributed by atoms with Gasteiger partial charge in [0.2, 0.25) is 0 Å². The zero-order chi connectivity index (χ0) is 16.9.